The number of esters is 3. The predicted molar refractivity (Wildman–Crippen MR) is 283 cm³/mol. The molecule has 0 fully saturated rings. The van der Waals surface area contributed by atoms with Gasteiger partial charge in [0.15, 0.2) is 6.10 Å². The van der Waals surface area contributed by atoms with Crippen LogP contribution in [0.2, 0.25) is 0 Å². The summed E-state index contributed by atoms with van der Waals surface area (Å²) >= 11 is 0. The molecule has 0 aromatic carbocycles. The van der Waals surface area contributed by atoms with Crippen molar-refractivity contribution < 1.29 is 28.6 Å². The molecule has 0 spiro atoms. The zero-order chi connectivity index (χ0) is 47.9. The van der Waals surface area contributed by atoms with Gasteiger partial charge >= 0.3 is 17.9 Å². The summed E-state index contributed by atoms with van der Waals surface area (Å²) in [6.45, 7) is 6.40. The van der Waals surface area contributed by atoms with Gasteiger partial charge in [0.25, 0.3) is 0 Å². The van der Waals surface area contributed by atoms with Crippen LogP contribution >= 0.6 is 0 Å². The maximum Gasteiger partial charge on any atom is 0.306 e. The Balaban J connectivity index is 4.58. The summed E-state index contributed by atoms with van der Waals surface area (Å²) in [5, 5.41) is 0. The Morgan fingerprint density at radius 3 is 1.06 bits per heavy atom. The minimum Gasteiger partial charge on any atom is -0.462 e. The van der Waals surface area contributed by atoms with E-state index in [1.165, 1.54) is 103 Å². The van der Waals surface area contributed by atoms with Gasteiger partial charge in [-0.15, -0.1) is 0 Å². The second-order valence-electron chi connectivity index (χ2n) is 17.4. The lowest BCUT2D eigenvalue weighted by molar-refractivity contribution is -0.166. The average Bonchev–Trinajstić information content (AvgIpc) is 3.31. The van der Waals surface area contributed by atoms with E-state index in [-0.39, 0.29) is 44.0 Å². The summed E-state index contributed by atoms with van der Waals surface area (Å²) in [5.74, 6) is -1.07. The maximum absolute atomic E-state index is 12.8. The summed E-state index contributed by atoms with van der Waals surface area (Å²) in [6, 6.07) is 0. The van der Waals surface area contributed by atoms with Crippen molar-refractivity contribution in [2.24, 2.45) is 0 Å². The molecule has 0 aliphatic carbocycles. The highest BCUT2D eigenvalue weighted by Crippen LogP contribution is 2.14. The van der Waals surface area contributed by atoms with Crippen molar-refractivity contribution in [3.05, 3.63) is 109 Å². The molecule has 0 bridgehead atoms. The molecule has 1 unspecified atom stereocenters. The van der Waals surface area contributed by atoms with Crippen molar-refractivity contribution in [2.45, 2.75) is 239 Å². The van der Waals surface area contributed by atoms with Crippen LogP contribution in [-0.2, 0) is 28.6 Å². The fraction of sp³-hybridized carbons (Fsp3) is 0.650. The van der Waals surface area contributed by atoms with Crippen molar-refractivity contribution in [2.75, 3.05) is 13.2 Å². The molecule has 0 rings (SSSR count). The van der Waals surface area contributed by atoms with Gasteiger partial charge in [-0.1, -0.05) is 233 Å². The van der Waals surface area contributed by atoms with Crippen molar-refractivity contribution >= 4 is 17.9 Å². The van der Waals surface area contributed by atoms with E-state index < -0.39 is 6.10 Å². The first kappa shape index (κ1) is 62.1. The van der Waals surface area contributed by atoms with Crippen LogP contribution in [0.25, 0.3) is 0 Å². The summed E-state index contributed by atoms with van der Waals surface area (Å²) < 4.78 is 16.7. The molecule has 66 heavy (non-hydrogen) atoms. The zero-order valence-electron chi connectivity index (χ0n) is 42.7. The van der Waals surface area contributed by atoms with Crippen LogP contribution in [0.15, 0.2) is 109 Å². The van der Waals surface area contributed by atoms with Crippen molar-refractivity contribution in [1.29, 1.82) is 0 Å². The van der Waals surface area contributed by atoms with Gasteiger partial charge in [-0.2, -0.15) is 0 Å². The molecular weight excluding hydrogens is 817 g/mol. The van der Waals surface area contributed by atoms with Gasteiger partial charge in [-0.3, -0.25) is 14.4 Å². The molecule has 6 heteroatoms. The number of allylic oxidation sites excluding steroid dienone is 18. The average molecular weight is 915 g/mol. The van der Waals surface area contributed by atoms with Gasteiger partial charge in [0, 0.05) is 19.3 Å². The van der Waals surface area contributed by atoms with Gasteiger partial charge in [-0.05, 0) is 89.9 Å². The molecule has 1 atom stereocenters. The van der Waals surface area contributed by atoms with E-state index >= 15 is 0 Å². The molecule has 374 valence electrons. The predicted octanol–water partition coefficient (Wildman–Crippen LogP) is 17.9. The Kier molecular flexibility index (Phi) is 50.5. The molecule has 0 aliphatic rings. The molecule has 6 nitrogen and oxygen atoms in total. The second-order valence-corrected chi connectivity index (χ2v) is 17.4. The Hall–Kier alpha value is -3.93. The molecule has 0 aromatic heterocycles. The standard InChI is InChI=1S/C60H98O6/c1-4-7-10-13-16-19-22-25-27-29-30-32-33-35-38-41-44-47-50-53-59(62)65-56-57(55-64-58(61)52-49-46-43-40-37-24-21-18-15-12-9-6-3)66-60(63)54-51-48-45-42-39-36-34-31-28-26-23-20-17-14-11-8-5-2/h7,10,16,19,25-28,30,32,34-36,38,42,44-45,47,57H,4-6,8-9,11-15,17-18,20-24,29,31,33,37,39-41,43,46,48-56H2,1-3H3/b10-7-,19-16-,27-25-,28-26-,32-30-,36-34-,38-35-,45-42-,47-44-. The first-order valence-corrected chi connectivity index (χ1v) is 26.9. The highest BCUT2D eigenvalue weighted by Gasteiger charge is 2.19. The number of carbonyl (C=O) groups excluding carboxylic acids is 3. The molecule has 0 saturated heterocycles. The lowest BCUT2D eigenvalue weighted by Gasteiger charge is -2.18. The number of hydrogen-bond acceptors (Lipinski definition) is 6. The number of hydrogen-bond donors (Lipinski definition) is 0. The molecule has 0 heterocycles. The van der Waals surface area contributed by atoms with Crippen LogP contribution in [0.4, 0.5) is 0 Å². The number of rotatable bonds is 47. The van der Waals surface area contributed by atoms with Gasteiger partial charge in [-0.25, -0.2) is 0 Å². The van der Waals surface area contributed by atoms with Crippen LogP contribution < -0.4 is 0 Å². The van der Waals surface area contributed by atoms with Crippen molar-refractivity contribution in [1.82, 2.24) is 0 Å². The lowest BCUT2D eigenvalue weighted by Crippen LogP contribution is -2.30. The fourth-order valence-electron chi connectivity index (χ4n) is 7.01. The smallest absolute Gasteiger partial charge is 0.306 e. The van der Waals surface area contributed by atoms with E-state index in [0.29, 0.717) is 19.3 Å². The van der Waals surface area contributed by atoms with Crippen molar-refractivity contribution in [3.8, 4) is 0 Å². The third-order valence-electron chi connectivity index (χ3n) is 11.0. The van der Waals surface area contributed by atoms with Crippen molar-refractivity contribution in [3.63, 3.8) is 0 Å². The normalized spacial score (nSPS) is 13.0. The Labute approximate surface area is 406 Å². The molecule has 0 aromatic rings. The summed E-state index contributed by atoms with van der Waals surface area (Å²) in [5.41, 5.74) is 0. The fourth-order valence-corrected chi connectivity index (χ4v) is 7.01. The molecular formula is C60H98O6. The van der Waals surface area contributed by atoms with Crippen LogP contribution in [0.5, 0.6) is 0 Å². The van der Waals surface area contributed by atoms with E-state index in [4.69, 9.17) is 14.2 Å². The molecule has 0 radical (unpaired) electrons. The Morgan fingerprint density at radius 2 is 0.636 bits per heavy atom. The van der Waals surface area contributed by atoms with Gasteiger partial charge < -0.3 is 14.2 Å². The maximum atomic E-state index is 12.8. The van der Waals surface area contributed by atoms with Gasteiger partial charge in [0.05, 0.1) is 0 Å². The summed E-state index contributed by atoms with van der Waals surface area (Å²) in [6.07, 6.45) is 72.3. The summed E-state index contributed by atoms with van der Waals surface area (Å²) in [4.78, 5) is 38.0. The highest BCUT2D eigenvalue weighted by atomic mass is 16.6. The summed E-state index contributed by atoms with van der Waals surface area (Å²) in [7, 11) is 0. The van der Waals surface area contributed by atoms with Crippen LogP contribution in [0.3, 0.4) is 0 Å². The van der Waals surface area contributed by atoms with Crippen LogP contribution in [-0.4, -0.2) is 37.2 Å². The minimum absolute atomic E-state index is 0.121. The van der Waals surface area contributed by atoms with E-state index in [1.54, 1.807) is 0 Å². The quantitative estimate of drug-likeness (QED) is 0.0262. The minimum atomic E-state index is -0.834. The lowest BCUT2D eigenvalue weighted by atomic mass is 10.0. The van der Waals surface area contributed by atoms with Crippen LogP contribution in [0.1, 0.15) is 233 Å². The third-order valence-corrected chi connectivity index (χ3v) is 11.0. The zero-order valence-corrected chi connectivity index (χ0v) is 42.7. The number of unbranched alkanes of at least 4 members (excludes halogenated alkanes) is 18. The monoisotopic (exact) mass is 915 g/mol. The SMILES string of the molecule is CC/C=C\C/C=C\C/C=C\C/C=C\C/C=C\C/C=C\CCC(=O)OCC(COC(=O)CCCCCCCCCCCCCC)OC(=O)CCC/C=C\C/C=C\C/C=C\CCCCCCCC. The largest absolute Gasteiger partial charge is 0.462 e. The third kappa shape index (κ3) is 51.1. The molecule has 0 saturated carbocycles. The Bertz CT molecular complexity index is 1370. The Morgan fingerprint density at radius 1 is 0.318 bits per heavy atom. The van der Waals surface area contributed by atoms with Gasteiger partial charge in [0.2, 0.25) is 0 Å². The molecule has 0 aliphatic heterocycles. The second kappa shape index (κ2) is 53.7. The van der Waals surface area contributed by atoms with E-state index in [0.717, 1.165) is 77.0 Å². The van der Waals surface area contributed by atoms with E-state index in [1.807, 2.05) is 12.2 Å². The first-order valence-electron chi connectivity index (χ1n) is 26.9. The highest BCUT2D eigenvalue weighted by molar-refractivity contribution is 5.71. The number of carbonyl (C=O) groups is 3. The molecule has 0 amide bonds. The van der Waals surface area contributed by atoms with Gasteiger partial charge in [0.1, 0.15) is 13.2 Å². The topological polar surface area (TPSA) is 78.9 Å². The first-order chi connectivity index (χ1) is 32.5. The van der Waals surface area contributed by atoms with E-state index in [9.17, 15) is 14.4 Å². The van der Waals surface area contributed by atoms with Crippen LogP contribution in [0, 0.1) is 0 Å². The van der Waals surface area contributed by atoms with E-state index in [2.05, 4.69) is 118 Å². The number of ether oxygens (including phenoxy) is 3. The molecule has 0 N–H and O–H groups in total.